The van der Waals surface area contributed by atoms with E-state index >= 15 is 0 Å². The van der Waals surface area contributed by atoms with Crippen LogP contribution in [0.15, 0.2) is 24.3 Å². The molecule has 0 atom stereocenters. The number of rotatable bonds is 5. The van der Waals surface area contributed by atoms with Gasteiger partial charge in [0.25, 0.3) is 0 Å². The summed E-state index contributed by atoms with van der Waals surface area (Å²) in [5.41, 5.74) is 0.451. The topological polar surface area (TPSA) is 60.7 Å². The Morgan fingerprint density at radius 1 is 0.789 bits per heavy atom. The molecule has 0 heterocycles. The van der Waals surface area contributed by atoms with E-state index in [0.717, 1.165) is 25.7 Å². The van der Waals surface area contributed by atoms with Crippen molar-refractivity contribution in [1.29, 1.82) is 0 Å². The van der Waals surface area contributed by atoms with Gasteiger partial charge in [0, 0.05) is 16.3 Å². The van der Waals surface area contributed by atoms with E-state index in [1.54, 1.807) is 24.3 Å². The van der Waals surface area contributed by atoms with Gasteiger partial charge in [-0.15, -0.1) is 0 Å². The fourth-order valence-electron chi connectivity index (χ4n) is 2.41. The third kappa shape index (κ3) is 2.60. The Kier molecular flexibility index (Phi) is 4.15. The maximum absolute atomic E-state index is 10.2. The number of unbranched alkanes of at least 4 members (excludes halogenated alkanes) is 3. The molecule has 0 aromatic heterocycles. The molecule has 2 aromatic carbocycles. The van der Waals surface area contributed by atoms with Crippen molar-refractivity contribution >= 4 is 10.8 Å². The molecule has 0 radical (unpaired) electrons. The zero-order valence-corrected chi connectivity index (χ0v) is 11.2. The minimum atomic E-state index is -0.187. The molecule has 0 saturated carbocycles. The number of phenolic OH excluding ortho intramolecular Hbond substituents is 3. The predicted molar refractivity (Wildman–Crippen MR) is 76.8 cm³/mol. The van der Waals surface area contributed by atoms with E-state index < -0.39 is 0 Å². The van der Waals surface area contributed by atoms with Crippen LogP contribution in [0.5, 0.6) is 17.2 Å². The summed E-state index contributed by atoms with van der Waals surface area (Å²) >= 11 is 0. The average Bonchev–Trinajstić information content (AvgIpc) is 2.44. The van der Waals surface area contributed by atoms with Crippen LogP contribution in [0.4, 0.5) is 0 Å². The summed E-state index contributed by atoms with van der Waals surface area (Å²) in [6, 6.07) is 7.01. The normalized spacial score (nSPS) is 11.0. The number of hydrogen-bond acceptors (Lipinski definition) is 3. The van der Waals surface area contributed by atoms with Crippen molar-refractivity contribution in [2.75, 3.05) is 0 Å². The standard InChI is InChI=1S/C16H20O3/c1-2-3-4-5-10-13-14(17)11-8-6-7-9-12(11)15(18)16(13)19/h6-9,17-19H,2-5,10H2,1H3. The van der Waals surface area contributed by atoms with Gasteiger partial charge in [0.05, 0.1) is 0 Å². The smallest absolute Gasteiger partial charge is 0.166 e. The molecule has 19 heavy (non-hydrogen) atoms. The number of hydrogen-bond donors (Lipinski definition) is 3. The first-order chi connectivity index (χ1) is 9.16. The molecule has 0 aliphatic carbocycles. The van der Waals surface area contributed by atoms with Gasteiger partial charge in [-0.3, -0.25) is 0 Å². The first kappa shape index (κ1) is 13.5. The summed E-state index contributed by atoms with van der Waals surface area (Å²) in [6.07, 6.45) is 4.81. The molecule has 0 amide bonds. The van der Waals surface area contributed by atoms with E-state index in [1.807, 2.05) is 0 Å². The van der Waals surface area contributed by atoms with Crippen molar-refractivity contribution in [3.05, 3.63) is 29.8 Å². The van der Waals surface area contributed by atoms with Crippen LogP contribution in [0.2, 0.25) is 0 Å². The SMILES string of the molecule is CCCCCCc1c(O)c(O)c2ccccc2c1O. The minimum absolute atomic E-state index is 0.0856. The molecule has 3 nitrogen and oxygen atoms in total. The van der Waals surface area contributed by atoms with Gasteiger partial charge in [0.1, 0.15) is 5.75 Å². The Balaban J connectivity index is 2.38. The Hall–Kier alpha value is -1.90. The van der Waals surface area contributed by atoms with Gasteiger partial charge in [0.15, 0.2) is 11.5 Å². The second kappa shape index (κ2) is 5.83. The van der Waals surface area contributed by atoms with Crippen LogP contribution in [-0.4, -0.2) is 15.3 Å². The van der Waals surface area contributed by atoms with Crippen molar-refractivity contribution in [2.45, 2.75) is 39.0 Å². The Morgan fingerprint density at radius 3 is 2.05 bits per heavy atom. The Morgan fingerprint density at radius 2 is 1.42 bits per heavy atom. The van der Waals surface area contributed by atoms with Crippen LogP contribution in [-0.2, 0) is 6.42 Å². The average molecular weight is 260 g/mol. The maximum atomic E-state index is 10.2. The van der Waals surface area contributed by atoms with Gasteiger partial charge >= 0.3 is 0 Å². The Labute approximate surface area is 113 Å². The summed E-state index contributed by atoms with van der Waals surface area (Å²) in [6.45, 7) is 2.14. The minimum Gasteiger partial charge on any atom is -0.507 e. The van der Waals surface area contributed by atoms with Gasteiger partial charge in [-0.25, -0.2) is 0 Å². The third-order valence-electron chi connectivity index (χ3n) is 3.51. The van der Waals surface area contributed by atoms with Crippen LogP contribution in [0.3, 0.4) is 0 Å². The van der Waals surface area contributed by atoms with Gasteiger partial charge < -0.3 is 15.3 Å². The van der Waals surface area contributed by atoms with Gasteiger partial charge in [-0.1, -0.05) is 50.5 Å². The highest BCUT2D eigenvalue weighted by Gasteiger charge is 2.17. The van der Waals surface area contributed by atoms with E-state index in [1.165, 1.54) is 0 Å². The lowest BCUT2D eigenvalue weighted by molar-refractivity contribution is 0.394. The second-order valence-electron chi connectivity index (χ2n) is 4.88. The lowest BCUT2D eigenvalue weighted by Crippen LogP contribution is -1.90. The number of fused-ring (bicyclic) bond motifs is 1. The van der Waals surface area contributed by atoms with Crippen molar-refractivity contribution in [3.63, 3.8) is 0 Å². The van der Waals surface area contributed by atoms with Gasteiger partial charge in [-0.2, -0.15) is 0 Å². The molecule has 0 spiro atoms. The molecule has 0 saturated heterocycles. The monoisotopic (exact) mass is 260 g/mol. The molecular weight excluding hydrogens is 240 g/mol. The van der Waals surface area contributed by atoms with E-state index in [9.17, 15) is 15.3 Å². The highest BCUT2D eigenvalue weighted by molar-refractivity contribution is 5.96. The van der Waals surface area contributed by atoms with E-state index in [2.05, 4.69) is 6.92 Å². The highest BCUT2D eigenvalue weighted by atomic mass is 16.3. The van der Waals surface area contributed by atoms with E-state index in [-0.39, 0.29) is 17.2 Å². The van der Waals surface area contributed by atoms with Crippen LogP contribution >= 0.6 is 0 Å². The molecule has 2 rings (SSSR count). The van der Waals surface area contributed by atoms with E-state index in [4.69, 9.17) is 0 Å². The summed E-state index contributed by atoms with van der Waals surface area (Å²) in [4.78, 5) is 0. The lowest BCUT2D eigenvalue weighted by Gasteiger charge is -2.12. The molecule has 2 aromatic rings. The molecule has 0 unspecified atom stereocenters. The summed E-state index contributed by atoms with van der Waals surface area (Å²) < 4.78 is 0. The van der Waals surface area contributed by atoms with Gasteiger partial charge in [0.2, 0.25) is 0 Å². The first-order valence-corrected chi connectivity index (χ1v) is 6.81. The van der Waals surface area contributed by atoms with Crippen LogP contribution < -0.4 is 0 Å². The Bertz CT molecular complexity index is 576. The van der Waals surface area contributed by atoms with Crippen molar-refractivity contribution in [2.24, 2.45) is 0 Å². The quantitative estimate of drug-likeness (QED) is 0.431. The molecule has 0 bridgehead atoms. The fourth-order valence-corrected chi connectivity index (χ4v) is 2.41. The molecule has 0 aliphatic rings. The summed E-state index contributed by atoms with van der Waals surface area (Å²) in [5.74, 6) is -0.242. The second-order valence-corrected chi connectivity index (χ2v) is 4.88. The largest absolute Gasteiger partial charge is 0.507 e. The molecule has 3 N–H and O–H groups in total. The number of benzene rings is 2. The van der Waals surface area contributed by atoms with E-state index in [0.29, 0.717) is 22.8 Å². The van der Waals surface area contributed by atoms with Crippen LogP contribution in [0.25, 0.3) is 10.8 Å². The molecule has 102 valence electrons. The highest BCUT2D eigenvalue weighted by Crippen LogP contribution is 2.44. The zero-order valence-electron chi connectivity index (χ0n) is 11.2. The third-order valence-corrected chi connectivity index (χ3v) is 3.51. The summed E-state index contributed by atoms with van der Waals surface area (Å²) in [7, 11) is 0. The van der Waals surface area contributed by atoms with Crippen molar-refractivity contribution < 1.29 is 15.3 Å². The zero-order chi connectivity index (χ0) is 13.8. The molecular formula is C16H20O3. The molecule has 0 aliphatic heterocycles. The summed E-state index contributed by atoms with van der Waals surface area (Å²) in [5, 5.41) is 31.3. The van der Waals surface area contributed by atoms with Crippen LogP contribution in [0, 0.1) is 0 Å². The van der Waals surface area contributed by atoms with Crippen LogP contribution in [0.1, 0.15) is 38.2 Å². The molecule has 3 heteroatoms. The number of aromatic hydroxyl groups is 3. The molecule has 0 fully saturated rings. The predicted octanol–water partition coefficient (Wildman–Crippen LogP) is 4.08. The van der Waals surface area contributed by atoms with Crippen molar-refractivity contribution in [1.82, 2.24) is 0 Å². The fraction of sp³-hybridized carbons (Fsp3) is 0.375. The number of phenols is 3. The maximum Gasteiger partial charge on any atom is 0.166 e. The first-order valence-electron chi connectivity index (χ1n) is 6.81. The van der Waals surface area contributed by atoms with Gasteiger partial charge in [-0.05, 0) is 12.8 Å². The lowest BCUT2D eigenvalue weighted by atomic mass is 9.98. The van der Waals surface area contributed by atoms with Crippen molar-refractivity contribution in [3.8, 4) is 17.2 Å².